The summed E-state index contributed by atoms with van der Waals surface area (Å²) in [5.41, 5.74) is 7.16. The van der Waals surface area contributed by atoms with E-state index < -0.39 is 0 Å². The van der Waals surface area contributed by atoms with Crippen LogP contribution in [-0.2, 0) is 4.79 Å². The van der Waals surface area contributed by atoms with Crippen LogP contribution in [0.3, 0.4) is 0 Å². The van der Waals surface area contributed by atoms with Gasteiger partial charge in [0, 0.05) is 11.8 Å². The summed E-state index contributed by atoms with van der Waals surface area (Å²) in [5.74, 6) is -0.215. The number of aliphatic hydroxyl groups is 1. The Bertz CT molecular complexity index is 398. The van der Waals surface area contributed by atoms with Gasteiger partial charge >= 0.3 is 0 Å². The van der Waals surface area contributed by atoms with Crippen LogP contribution in [0.1, 0.15) is 18.9 Å². The molecule has 0 aromatic heterocycles. The number of benzene rings is 1. The topological polar surface area (TPSA) is 75.3 Å². The standard InChI is InChI=1S/C13H18N2O2/c1-2-12(9-16)15-13(17)7-6-10-4-3-5-11(14)8-10/h3-8,12,16H,2,9,14H2,1H3,(H,15,17)/b7-6+/t12-/m1/s1. The molecule has 0 heterocycles. The first-order valence-electron chi connectivity index (χ1n) is 5.60. The zero-order chi connectivity index (χ0) is 12.7. The Labute approximate surface area is 101 Å². The molecule has 0 saturated carbocycles. The van der Waals surface area contributed by atoms with Gasteiger partial charge in [-0.1, -0.05) is 19.1 Å². The van der Waals surface area contributed by atoms with E-state index in [2.05, 4.69) is 5.32 Å². The normalized spacial score (nSPS) is 12.6. The Morgan fingerprint density at radius 2 is 2.35 bits per heavy atom. The molecule has 0 bridgehead atoms. The van der Waals surface area contributed by atoms with Crippen LogP contribution >= 0.6 is 0 Å². The lowest BCUT2D eigenvalue weighted by Gasteiger charge is -2.11. The third-order valence-corrected chi connectivity index (χ3v) is 2.40. The average molecular weight is 234 g/mol. The van der Waals surface area contributed by atoms with Crippen LogP contribution in [0.25, 0.3) is 6.08 Å². The van der Waals surface area contributed by atoms with E-state index in [9.17, 15) is 4.79 Å². The van der Waals surface area contributed by atoms with E-state index in [-0.39, 0.29) is 18.6 Å². The van der Waals surface area contributed by atoms with Crippen molar-refractivity contribution in [3.05, 3.63) is 35.9 Å². The fourth-order valence-corrected chi connectivity index (χ4v) is 1.36. The van der Waals surface area contributed by atoms with E-state index >= 15 is 0 Å². The van der Waals surface area contributed by atoms with Gasteiger partial charge < -0.3 is 16.2 Å². The van der Waals surface area contributed by atoms with Crippen LogP contribution in [0, 0.1) is 0 Å². The molecule has 0 fully saturated rings. The fourth-order valence-electron chi connectivity index (χ4n) is 1.36. The number of hydrogen-bond acceptors (Lipinski definition) is 3. The van der Waals surface area contributed by atoms with E-state index in [0.717, 1.165) is 5.56 Å². The minimum absolute atomic E-state index is 0.0473. The van der Waals surface area contributed by atoms with Crippen molar-refractivity contribution in [3.63, 3.8) is 0 Å². The number of nitrogens with two attached hydrogens (primary N) is 1. The Kier molecular flexibility index (Phi) is 5.23. The van der Waals surface area contributed by atoms with Crippen molar-refractivity contribution in [2.75, 3.05) is 12.3 Å². The van der Waals surface area contributed by atoms with Crippen LogP contribution in [0.2, 0.25) is 0 Å². The number of carbonyl (C=O) groups is 1. The van der Waals surface area contributed by atoms with Crippen molar-refractivity contribution >= 4 is 17.7 Å². The molecule has 1 aromatic rings. The molecule has 0 radical (unpaired) electrons. The smallest absolute Gasteiger partial charge is 0.244 e. The lowest BCUT2D eigenvalue weighted by Crippen LogP contribution is -2.35. The Hall–Kier alpha value is -1.81. The van der Waals surface area contributed by atoms with Crippen LogP contribution in [0.15, 0.2) is 30.3 Å². The average Bonchev–Trinajstić information content (AvgIpc) is 2.33. The molecule has 0 saturated heterocycles. The zero-order valence-electron chi connectivity index (χ0n) is 9.89. The predicted molar refractivity (Wildman–Crippen MR) is 69.2 cm³/mol. The van der Waals surface area contributed by atoms with Gasteiger partial charge in [0.05, 0.1) is 12.6 Å². The van der Waals surface area contributed by atoms with Gasteiger partial charge in [0.1, 0.15) is 0 Å². The summed E-state index contributed by atoms with van der Waals surface area (Å²) >= 11 is 0. The third kappa shape index (κ3) is 4.70. The largest absolute Gasteiger partial charge is 0.399 e. The second kappa shape index (κ2) is 6.70. The molecule has 0 unspecified atom stereocenters. The zero-order valence-corrected chi connectivity index (χ0v) is 9.89. The summed E-state index contributed by atoms with van der Waals surface area (Å²) in [6.45, 7) is 1.86. The lowest BCUT2D eigenvalue weighted by molar-refractivity contribution is -0.117. The van der Waals surface area contributed by atoms with Crippen LogP contribution in [0.4, 0.5) is 5.69 Å². The van der Waals surface area contributed by atoms with Gasteiger partial charge in [-0.05, 0) is 30.2 Å². The van der Waals surface area contributed by atoms with Crippen LogP contribution in [-0.4, -0.2) is 23.7 Å². The highest BCUT2D eigenvalue weighted by atomic mass is 16.3. The quantitative estimate of drug-likeness (QED) is 0.529. The van der Waals surface area contributed by atoms with Crippen LogP contribution < -0.4 is 11.1 Å². The van der Waals surface area contributed by atoms with Crippen molar-refractivity contribution in [2.24, 2.45) is 0 Å². The Balaban J connectivity index is 2.56. The van der Waals surface area contributed by atoms with Crippen molar-refractivity contribution in [1.82, 2.24) is 5.32 Å². The third-order valence-electron chi connectivity index (χ3n) is 2.40. The summed E-state index contributed by atoms with van der Waals surface area (Å²) in [6, 6.07) is 7.08. The van der Waals surface area contributed by atoms with Crippen molar-refractivity contribution in [1.29, 1.82) is 0 Å². The molecule has 0 aliphatic heterocycles. The molecule has 92 valence electrons. The summed E-state index contributed by atoms with van der Waals surface area (Å²) in [5, 5.41) is 11.6. The van der Waals surface area contributed by atoms with E-state index in [1.54, 1.807) is 18.2 Å². The van der Waals surface area contributed by atoms with Crippen molar-refractivity contribution in [2.45, 2.75) is 19.4 Å². The van der Waals surface area contributed by atoms with Crippen molar-refractivity contribution in [3.8, 4) is 0 Å². The lowest BCUT2D eigenvalue weighted by atomic mass is 10.2. The highest BCUT2D eigenvalue weighted by Gasteiger charge is 2.05. The SMILES string of the molecule is CC[C@H](CO)NC(=O)/C=C/c1cccc(N)c1. The molecule has 1 amide bonds. The minimum atomic E-state index is -0.215. The molecule has 0 spiro atoms. The van der Waals surface area contributed by atoms with Gasteiger partial charge in [-0.15, -0.1) is 0 Å². The number of nitrogen functional groups attached to an aromatic ring is 1. The van der Waals surface area contributed by atoms with E-state index in [1.165, 1.54) is 6.08 Å². The summed E-state index contributed by atoms with van der Waals surface area (Å²) in [6.07, 6.45) is 3.83. The summed E-state index contributed by atoms with van der Waals surface area (Å²) in [4.78, 5) is 11.5. The molecular weight excluding hydrogens is 216 g/mol. The van der Waals surface area contributed by atoms with E-state index in [1.807, 2.05) is 19.1 Å². The molecule has 17 heavy (non-hydrogen) atoms. The highest BCUT2D eigenvalue weighted by molar-refractivity contribution is 5.92. The molecular formula is C13H18N2O2. The first-order chi connectivity index (χ1) is 8.15. The molecule has 4 N–H and O–H groups in total. The number of anilines is 1. The maximum atomic E-state index is 11.5. The van der Waals surface area contributed by atoms with E-state index in [4.69, 9.17) is 10.8 Å². The number of nitrogens with one attached hydrogen (secondary N) is 1. The molecule has 1 atom stereocenters. The molecule has 4 nitrogen and oxygen atoms in total. The molecule has 1 rings (SSSR count). The Morgan fingerprint density at radius 3 is 2.94 bits per heavy atom. The van der Waals surface area contributed by atoms with Gasteiger partial charge in [-0.25, -0.2) is 0 Å². The first kappa shape index (κ1) is 13.3. The van der Waals surface area contributed by atoms with E-state index in [0.29, 0.717) is 12.1 Å². The maximum Gasteiger partial charge on any atom is 0.244 e. The number of rotatable bonds is 5. The molecule has 4 heteroatoms. The monoisotopic (exact) mass is 234 g/mol. The minimum Gasteiger partial charge on any atom is -0.399 e. The Morgan fingerprint density at radius 1 is 1.59 bits per heavy atom. The fraction of sp³-hybridized carbons (Fsp3) is 0.308. The second-order valence-corrected chi connectivity index (χ2v) is 3.80. The van der Waals surface area contributed by atoms with Gasteiger partial charge in [0.15, 0.2) is 0 Å². The first-order valence-corrected chi connectivity index (χ1v) is 5.60. The second-order valence-electron chi connectivity index (χ2n) is 3.80. The number of hydrogen-bond donors (Lipinski definition) is 3. The molecule has 0 aliphatic carbocycles. The van der Waals surface area contributed by atoms with Gasteiger partial charge in [0.2, 0.25) is 5.91 Å². The van der Waals surface area contributed by atoms with Gasteiger partial charge in [-0.3, -0.25) is 4.79 Å². The van der Waals surface area contributed by atoms with Crippen LogP contribution in [0.5, 0.6) is 0 Å². The van der Waals surface area contributed by atoms with Crippen molar-refractivity contribution < 1.29 is 9.90 Å². The number of aliphatic hydroxyl groups excluding tert-OH is 1. The summed E-state index contributed by atoms with van der Waals surface area (Å²) < 4.78 is 0. The van der Waals surface area contributed by atoms with Gasteiger partial charge in [-0.2, -0.15) is 0 Å². The summed E-state index contributed by atoms with van der Waals surface area (Å²) in [7, 11) is 0. The number of amides is 1. The molecule has 1 aromatic carbocycles. The molecule has 0 aliphatic rings. The number of carbonyl (C=O) groups excluding carboxylic acids is 1. The predicted octanol–water partition coefficient (Wildman–Crippen LogP) is 1.17. The maximum absolute atomic E-state index is 11.5. The highest BCUT2D eigenvalue weighted by Crippen LogP contribution is 2.07. The van der Waals surface area contributed by atoms with Gasteiger partial charge in [0.25, 0.3) is 0 Å².